The largest absolute Gasteiger partial charge is 0.477 e. The number of amides is 2. The lowest BCUT2D eigenvalue weighted by molar-refractivity contribution is -0.139. The van der Waals surface area contributed by atoms with E-state index in [0.717, 1.165) is 38.0 Å². The Morgan fingerprint density at radius 1 is 1.00 bits per heavy atom. The number of carbonyl (C=O) groups excluding carboxylic acids is 3. The maximum Gasteiger partial charge on any atom is 0.265 e. The molecule has 34 heavy (non-hydrogen) atoms. The number of para-hydroxylation sites is 2. The van der Waals surface area contributed by atoms with E-state index >= 15 is 0 Å². The van der Waals surface area contributed by atoms with Crippen LogP contribution in [0.25, 0.3) is 0 Å². The first-order valence-electron chi connectivity index (χ1n) is 11.5. The fourth-order valence-electron chi connectivity index (χ4n) is 4.60. The van der Waals surface area contributed by atoms with Crippen LogP contribution in [0.2, 0.25) is 0 Å². The van der Waals surface area contributed by atoms with Gasteiger partial charge in [-0.2, -0.15) is 0 Å². The van der Waals surface area contributed by atoms with E-state index in [1.165, 1.54) is 6.92 Å². The minimum Gasteiger partial charge on any atom is -0.477 e. The summed E-state index contributed by atoms with van der Waals surface area (Å²) in [6.45, 7) is 3.23. The molecular formula is C25H27N3O6. The number of ether oxygens (including phenoxy) is 3. The summed E-state index contributed by atoms with van der Waals surface area (Å²) in [7, 11) is 0. The Kier molecular flexibility index (Phi) is 6.00. The summed E-state index contributed by atoms with van der Waals surface area (Å²) in [5.74, 6) is 0.965. The van der Waals surface area contributed by atoms with Crippen LogP contribution in [0.1, 0.15) is 36.5 Å². The Morgan fingerprint density at radius 2 is 1.74 bits per heavy atom. The molecule has 0 aliphatic carbocycles. The summed E-state index contributed by atoms with van der Waals surface area (Å²) in [5, 5.41) is 2.83. The monoisotopic (exact) mass is 465 g/mol. The van der Waals surface area contributed by atoms with Crippen LogP contribution in [-0.2, 0) is 9.59 Å². The highest BCUT2D eigenvalue weighted by atomic mass is 16.7. The fraction of sp³-hybridized carbons (Fsp3) is 0.400. The van der Waals surface area contributed by atoms with Gasteiger partial charge in [0.15, 0.2) is 23.4 Å². The number of nitrogens with one attached hydrogen (secondary N) is 1. The quantitative estimate of drug-likeness (QED) is 0.678. The minimum absolute atomic E-state index is 0.00403. The highest BCUT2D eigenvalue weighted by Gasteiger charge is 2.34. The molecule has 3 aliphatic rings. The molecular weight excluding hydrogens is 438 g/mol. The highest BCUT2D eigenvalue weighted by Crippen LogP contribution is 2.38. The van der Waals surface area contributed by atoms with Crippen molar-refractivity contribution in [2.45, 2.75) is 32.3 Å². The van der Waals surface area contributed by atoms with Gasteiger partial charge in [-0.1, -0.05) is 12.1 Å². The van der Waals surface area contributed by atoms with Crippen LogP contribution in [0, 0.1) is 0 Å². The van der Waals surface area contributed by atoms with Gasteiger partial charge in [0, 0.05) is 24.7 Å². The first-order valence-corrected chi connectivity index (χ1v) is 11.5. The van der Waals surface area contributed by atoms with Crippen molar-refractivity contribution in [2.24, 2.45) is 0 Å². The van der Waals surface area contributed by atoms with E-state index in [4.69, 9.17) is 14.2 Å². The first-order chi connectivity index (χ1) is 16.5. The van der Waals surface area contributed by atoms with E-state index in [1.54, 1.807) is 12.1 Å². The van der Waals surface area contributed by atoms with Crippen molar-refractivity contribution in [2.75, 3.05) is 43.2 Å². The van der Waals surface area contributed by atoms with Gasteiger partial charge in [-0.3, -0.25) is 14.4 Å². The molecule has 2 aromatic rings. The molecule has 5 rings (SSSR count). The van der Waals surface area contributed by atoms with Crippen LogP contribution in [0.3, 0.4) is 0 Å². The predicted molar refractivity (Wildman–Crippen MR) is 125 cm³/mol. The molecule has 3 heterocycles. The van der Waals surface area contributed by atoms with Gasteiger partial charge < -0.3 is 29.3 Å². The number of nitrogens with zero attached hydrogens (tertiary/aromatic N) is 2. The van der Waals surface area contributed by atoms with Gasteiger partial charge in [-0.25, -0.2) is 0 Å². The molecule has 2 amide bonds. The normalized spacial score (nSPS) is 18.7. The molecule has 0 bridgehead atoms. The Balaban J connectivity index is 1.34. The summed E-state index contributed by atoms with van der Waals surface area (Å²) in [5.41, 5.74) is 1.46. The third-order valence-electron chi connectivity index (χ3n) is 6.31. The van der Waals surface area contributed by atoms with Crippen LogP contribution >= 0.6 is 0 Å². The molecule has 2 aromatic carbocycles. The number of benzene rings is 2. The predicted octanol–water partition coefficient (Wildman–Crippen LogP) is 2.84. The van der Waals surface area contributed by atoms with Crippen molar-refractivity contribution in [3.63, 3.8) is 0 Å². The molecule has 1 saturated heterocycles. The molecule has 3 aliphatic heterocycles. The van der Waals surface area contributed by atoms with Crippen molar-refractivity contribution >= 4 is 29.0 Å². The van der Waals surface area contributed by atoms with Crippen LogP contribution in [0.4, 0.5) is 11.4 Å². The van der Waals surface area contributed by atoms with Gasteiger partial charge >= 0.3 is 0 Å². The topological polar surface area (TPSA) is 97.4 Å². The molecule has 0 radical (unpaired) electrons. The minimum atomic E-state index is -0.681. The van der Waals surface area contributed by atoms with E-state index < -0.39 is 6.10 Å². The number of ketones is 1. The van der Waals surface area contributed by atoms with Crippen LogP contribution < -0.4 is 24.4 Å². The lowest BCUT2D eigenvalue weighted by atomic mass is 10.1. The zero-order valence-electron chi connectivity index (χ0n) is 19.0. The van der Waals surface area contributed by atoms with E-state index in [9.17, 15) is 14.4 Å². The van der Waals surface area contributed by atoms with E-state index in [2.05, 4.69) is 5.32 Å². The summed E-state index contributed by atoms with van der Waals surface area (Å²) >= 11 is 0. The zero-order valence-corrected chi connectivity index (χ0v) is 19.0. The lowest BCUT2D eigenvalue weighted by Crippen LogP contribution is -2.52. The number of likely N-dealkylation sites (tertiary alicyclic amines) is 1. The molecule has 0 spiro atoms. The Labute approximate surface area is 197 Å². The number of piperidine rings is 1. The van der Waals surface area contributed by atoms with Crippen molar-refractivity contribution in [3.8, 4) is 17.2 Å². The Hall–Kier alpha value is -3.75. The molecule has 178 valence electrons. The highest BCUT2D eigenvalue weighted by molar-refractivity contribution is 6.05. The average Bonchev–Trinajstić information content (AvgIpc) is 3.31. The third kappa shape index (κ3) is 4.37. The van der Waals surface area contributed by atoms with Crippen molar-refractivity contribution in [1.29, 1.82) is 0 Å². The Morgan fingerprint density at radius 3 is 2.50 bits per heavy atom. The summed E-state index contributed by atoms with van der Waals surface area (Å²) in [4.78, 5) is 42.0. The maximum absolute atomic E-state index is 13.1. The standard InChI is InChI=1S/C25H27N3O6/c1-16(29)17-11-21-22(33-15-32-21)12-18(17)26-24(30)14-28-13-23(25(31)27-9-5-2-6-10-27)34-20-8-4-3-7-19(20)28/h3-4,7-8,11-12,23H,2,5-6,9-10,13-15H2,1H3,(H,26,30)/t23-/m1/s1. The fourth-order valence-corrected chi connectivity index (χ4v) is 4.60. The van der Waals surface area contributed by atoms with Crippen molar-refractivity contribution in [1.82, 2.24) is 4.90 Å². The lowest BCUT2D eigenvalue weighted by Gasteiger charge is -2.38. The van der Waals surface area contributed by atoms with Crippen molar-refractivity contribution in [3.05, 3.63) is 42.0 Å². The van der Waals surface area contributed by atoms with Crippen molar-refractivity contribution < 1.29 is 28.6 Å². The van der Waals surface area contributed by atoms with Crippen LogP contribution in [0.5, 0.6) is 17.2 Å². The maximum atomic E-state index is 13.1. The van der Waals surface area contributed by atoms with E-state index in [-0.39, 0.29) is 37.5 Å². The number of Topliss-reactive ketones (excluding diaryl/α,β-unsaturated/α-hetero) is 1. The number of rotatable bonds is 5. The Bertz CT molecular complexity index is 1130. The molecule has 1 atom stereocenters. The van der Waals surface area contributed by atoms with Gasteiger partial charge in [-0.05, 0) is 44.4 Å². The molecule has 1 N–H and O–H groups in total. The molecule has 0 saturated carbocycles. The third-order valence-corrected chi connectivity index (χ3v) is 6.31. The molecule has 9 nitrogen and oxygen atoms in total. The second-order valence-corrected chi connectivity index (χ2v) is 8.70. The summed E-state index contributed by atoms with van der Waals surface area (Å²) < 4.78 is 16.8. The zero-order chi connectivity index (χ0) is 23.7. The molecule has 0 aromatic heterocycles. The number of anilines is 2. The van der Waals surface area contributed by atoms with E-state index in [1.807, 2.05) is 34.1 Å². The number of carbonyl (C=O) groups is 3. The second kappa shape index (κ2) is 9.24. The number of hydrogen-bond acceptors (Lipinski definition) is 7. The first kappa shape index (κ1) is 22.1. The van der Waals surface area contributed by atoms with Crippen LogP contribution in [-0.4, -0.2) is 61.6 Å². The van der Waals surface area contributed by atoms with Gasteiger partial charge in [0.05, 0.1) is 24.5 Å². The van der Waals surface area contributed by atoms with Gasteiger partial charge in [0.25, 0.3) is 5.91 Å². The summed E-state index contributed by atoms with van der Waals surface area (Å²) in [6.07, 6.45) is 2.44. The molecule has 0 unspecified atom stereocenters. The van der Waals surface area contributed by atoms with Crippen LogP contribution in [0.15, 0.2) is 36.4 Å². The SMILES string of the molecule is CC(=O)c1cc2c(cc1NC(=O)CN1C[C@H](C(=O)N3CCCCC3)Oc3ccccc31)OCO2. The second-order valence-electron chi connectivity index (χ2n) is 8.70. The van der Waals surface area contributed by atoms with Gasteiger partial charge in [-0.15, -0.1) is 0 Å². The van der Waals surface area contributed by atoms with E-state index in [0.29, 0.717) is 28.5 Å². The average molecular weight is 466 g/mol. The molecule has 9 heteroatoms. The van der Waals surface area contributed by atoms with Gasteiger partial charge in [0.2, 0.25) is 12.7 Å². The van der Waals surface area contributed by atoms with Gasteiger partial charge in [0.1, 0.15) is 5.75 Å². The smallest absolute Gasteiger partial charge is 0.265 e. The number of hydrogen-bond donors (Lipinski definition) is 1. The number of fused-ring (bicyclic) bond motifs is 2. The molecule has 1 fully saturated rings. The summed E-state index contributed by atoms with van der Waals surface area (Å²) in [6, 6.07) is 10.6.